The lowest BCUT2D eigenvalue weighted by molar-refractivity contribution is 0.923. The van der Waals surface area contributed by atoms with E-state index in [1.54, 1.807) is 17.0 Å². The van der Waals surface area contributed by atoms with Gasteiger partial charge in [-0.25, -0.2) is 0 Å². The minimum Gasteiger partial charge on any atom is -0.370 e. The van der Waals surface area contributed by atoms with Crippen LogP contribution >= 0.6 is 0 Å². The van der Waals surface area contributed by atoms with Crippen molar-refractivity contribution in [1.29, 1.82) is 5.26 Å². The van der Waals surface area contributed by atoms with Crippen LogP contribution in [0.25, 0.3) is 0 Å². The Morgan fingerprint density at radius 2 is 2.06 bits per heavy atom. The van der Waals surface area contributed by atoms with Gasteiger partial charge in [-0.2, -0.15) is 5.26 Å². The topological polar surface area (TPSA) is 65.4 Å². The Balaban J connectivity index is 2.80. The van der Waals surface area contributed by atoms with E-state index < -0.39 is 0 Å². The predicted octanol–water partition coefficient (Wildman–Crippen LogP) is 1.72. The minimum atomic E-state index is 0.492. The molecule has 1 aromatic rings. The molecule has 0 spiro atoms. The van der Waals surface area contributed by atoms with Crippen LogP contribution in [0.1, 0.15) is 18.9 Å². The number of nitriles is 1. The molecule has 4 heteroatoms. The molecular weight excluding hydrogens is 200 g/mol. The molecular formula is C12H16N4. The van der Waals surface area contributed by atoms with E-state index in [-0.39, 0.29) is 0 Å². The summed E-state index contributed by atoms with van der Waals surface area (Å²) in [5, 5.41) is 8.68. The Kier molecular flexibility index (Phi) is 4.34. The van der Waals surface area contributed by atoms with Gasteiger partial charge in [0.15, 0.2) is 5.96 Å². The first-order valence-corrected chi connectivity index (χ1v) is 5.23. The molecule has 0 fully saturated rings. The van der Waals surface area contributed by atoms with Gasteiger partial charge in [-0.15, -0.1) is 0 Å². The minimum absolute atomic E-state index is 0.492. The Morgan fingerprint density at radius 3 is 2.56 bits per heavy atom. The number of rotatable bonds is 3. The van der Waals surface area contributed by atoms with E-state index in [9.17, 15) is 0 Å². The van der Waals surface area contributed by atoms with Gasteiger partial charge in [0.05, 0.1) is 11.6 Å². The summed E-state index contributed by atoms with van der Waals surface area (Å²) >= 11 is 0. The third-order valence-electron chi connectivity index (χ3n) is 2.22. The van der Waals surface area contributed by atoms with Crippen molar-refractivity contribution in [2.75, 3.05) is 18.5 Å². The first kappa shape index (κ1) is 12.1. The average Bonchev–Trinajstić information content (AvgIpc) is 2.35. The van der Waals surface area contributed by atoms with Crippen molar-refractivity contribution in [1.82, 2.24) is 0 Å². The normalized spacial score (nSPS) is 10.9. The van der Waals surface area contributed by atoms with E-state index >= 15 is 0 Å². The zero-order chi connectivity index (χ0) is 12.0. The molecule has 0 atom stereocenters. The maximum absolute atomic E-state index is 8.68. The monoisotopic (exact) mass is 216 g/mol. The number of nitrogens with zero attached hydrogens (tertiary/aromatic N) is 3. The summed E-state index contributed by atoms with van der Waals surface area (Å²) in [6.45, 7) is 2.78. The number of anilines is 1. The second kappa shape index (κ2) is 5.76. The highest BCUT2D eigenvalue weighted by molar-refractivity contribution is 5.94. The molecule has 0 saturated heterocycles. The van der Waals surface area contributed by atoms with E-state index in [4.69, 9.17) is 11.0 Å². The molecule has 0 heterocycles. The highest BCUT2D eigenvalue weighted by atomic mass is 15.2. The van der Waals surface area contributed by atoms with Crippen molar-refractivity contribution >= 4 is 11.6 Å². The molecule has 0 unspecified atom stereocenters. The molecule has 16 heavy (non-hydrogen) atoms. The largest absolute Gasteiger partial charge is 0.370 e. The van der Waals surface area contributed by atoms with Gasteiger partial charge in [0.2, 0.25) is 0 Å². The van der Waals surface area contributed by atoms with Crippen molar-refractivity contribution < 1.29 is 0 Å². The summed E-state index contributed by atoms with van der Waals surface area (Å²) < 4.78 is 0. The maximum Gasteiger partial charge on any atom is 0.195 e. The summed E-state index contributed by atoms with van der Waals surface area (Å²) in [5.41, 5.74) is 7.38. The number of nitrogens with two attached hydrogens (primary N) is 1. The van der Waals surface area contributed by atoms with Gasteiger partial charge in [0, 0.05) is 19.3 Å². The summed E-state index contributed by atoms with van der Waals surface area (Å²) in [5.74, 6) is 0.492. The van der Waals surface area contributed by atoms with E-state index in [0.717, 1.165) is 18.7 Å². The molecule has 0 aliphatic rings. The summed E-state index contributed by atoms with van der Waals surface area (Å²) in [7, 11) is 1.86. The molecule has 0 amide bonds. The molecule has 1 rings (SSSR count). The quantitative estimate of drug-likeness (QED) is 0.618. The van der Waals surface area contributed by atoms with Crippen molar-refractivity contribution in [3.05, 3.63) is 29.8 Å². The van der Waals surface area contributed by atoms with Gasteiger partial charge in [-0.3, -0.25) is 4.99 Å². The van der Waals surface area contributed by atoms with Gasteiger partial charge in [0.25, 0.3) is 0 Å². The smallest absolute Gasteiger partial charge is 0.195 e. The van der Waals surface area contributed by atoms with Gasteiger partial charge >= 0.3 is 0 Å². The zero-order valence-electron chi connectivity index (χ0n) is 9.64. The van der Waals surface area contributed by atoms with Crippen LogP contribution in [0.15, 0.2) is 29.3 Å². The Labute approximate surface area is 96.0 Å². The fourth-order valence-corrected chi connectivity index (χ4v) is 1.22. The first-order chi connectivity index (χ1) is 7.69. The number of hydrogen-bond acceptors (Lipinski definition) is 2. The highest BCUT2D eigenvalue weighted by Crippen LogP contribution is 2.12. The van der Waals surface area contributed by atoms with E-state index in [1.807, 2.05) is 19.2 Å². The summed E-state index contributed by atoms with van der Waals surface area (Å²) in [4.78, 5) is 6.02. The van der Waals surface area contributed by atoms with Crippen molar-refractivity contribution in [2.24, 2.45) is 10.7 Å². The van der Waals surface area contributed by atoms with Crippen molar-refractivity contribution in [3.63, 3.8) is 0 Å². The standard InChI is InChI=1S/C12H16N4/c1-3-8-15-12(14)16(2)11-6-4-10(9-13)5-7-11/h4-7H,3,8H2,1-2H3,(H2,14,15). The molecule has 4 nitrogen and oxygen atoms in total. The molecule has 1 aromatic carbocycles. The van der Waals surface area contributed by atoms with Crippen LogP contribution < -0.4 is 10.6 Å². The van der Waals surface area contributed by atoms with Gasteiger partial charge in [-0.05, 0) is 30.7 Å². The molecule has 0 aromatic heterocycles. The van der Waals surface area contributed by atoms with Crippen LogP contribution in [0.2, 0.25) is 0 Å². The Bertz CT molecular complexity index is 400. The van der Waals surface area contributed by atoms with E-state index in [1.165, 1.54) is 0 Å². The Hall–Kier alpha value is -2.02. The van der Waals surface area contributed by atoms with E-state index in [0.29, 0.717) is 11.5 Å². The van der Waals surface area contributed by atoms with Crippen LogP contribution in [0.4, 0.5) is 5.69 Å². The first-order valence-electron chi connectivity index (χ1n) is 5.23. The van der Waals surface area contributed by atoms with Crippen LogP contribution in [0.5, 0.6) is 0 Å². The highest BCUT2D eigenvalue weighted by Gasteiger charge is 2.04. The lowest BCUT2D eigenvalue weighted by Gasteiger charge is -2.18. The molecule has 0 bridgehead atoms. The van der Waals surface area contributed by atoms with Crippen molar-refractivity contribution in [2.45, 2.75) is 13.3 Å². The fraction of sp³-hybridized carbons (Fsp3) is 0.333. The number of benzene rings is 1. The molecule has 0 saturated carbocycles. The molecule has 0 radical (unpaired) electrons. The van der Waals surface area contributed by atoms with Crippen LogP contribution in [-0.2, 0) is 0 Å². The summed E-state index contributed by atoms with van der Waals surface area (Å²) in [6.07, 6.45) is 0.974. The molecule has 0 aliphatic carbocycles. The van der Waals surface area contributed by atoms with Crippen molar-refractivity contribution in [3.8, 4) is 6.07 Å². The maximum atomic E-state index is 8.68. The van der Waals surface area contributed by atoms with E-state index in [2.05, 4.69) is 18.0 Å². The summed E-state index contributed by atoms with van der Waals surface area (Å²) in [6, 6.07) is 9.31. The fourth-order valence-electron chi connectivity index (χ4n) is 1.22. The zero-order valence-corrected chi connectivity index (χ0v) is 9.64. The SMILES string of the molecule is CCCN=C(N)N(C)c1ccc(C#N)cc1. The third-order valence-corrected chi connectivity index (χ3v) is 2.22. The molecule has 0 aliphatic heterocycles. The lowest BCUT2D eigenvalue weighted by Crippen LogP contribution is -2.34. The van der Waals surface area contributed by atoms with Gasteiger partial charge < -0.3 is 10.6 Å². The Morgan fingerprint density at radius 1 is 1.44 bits per heavy atom. The average molecular weight is 216 g/mol. The predicted molar refractivity (Wildman–Crippen MR) is 66.3 cm³/mol. The number of guanidine groups is 1. The molecule has 84 valence electrons. The second-order valence-corrected chi connectivity index (χ2v) is 3.46. The number of hydrogen-bond donors (Lipinski definition) is 1. The molecule has 2 N–H and O–H groups in total. The van der Waals surface area contributed by atoms with Crippen LogP contribution in [0.3, 0.4) is 0 Å². The van der Waals surface area contributed by atoms with Gasteiger partial charge in [0.1, 0.15) is 0 Å². The van der Waals surface area contributed by atoms with Crippen LogP contribution in [-0.4, -0.2) is 19.6 Å². The van der Waals surface area contributed by atoms with Gasteiger partial charge in [-0.1, -0.05) is 6.92 Å². The number of aliphatic imine (C=N–C) groups is 1. The third kappa shape index (κ3) is 2.99. The second-order valence-electron chi connectivity index (χ2n) is 3.46. The lowest BCUT2D eigenvalue weighted by atomic mass is 10.2. The van der Waals surface area contributed by atoms with Crippen LogP contribution in [0, 0.1) is 11.3 Å².